The van der Waals surface area contributed by atoms with E-state index in [4.69, 9.17) is 0 Å². The van der Waals surface area contributed by atoms with E-state index >= 15 is 0 Å². The van der Waals surface area contributed by atoms with Crippen LogP contribution in [0.25, 0.3) is 17.0 Å². The molecule has 1 aromatic carbocycles. The molecule has 0 spiro atoms. The Morgan fingerprint density at radius 1 is 1.11 bits per heavy atom. The summed E-state index contributed by atoms with van der Waals surface area (Å²) in [5.41, 5.74) is 4.48. The van der Waals surface area contributed by atoms with Crippen molar-refractivity contribution < 1.29 is 9.14 Å². The van der Waals surface area contributed by atoms with Gasteiger partial charge in [0.15, 0.2) is 23.6 Å². The lowest BCUT2D eigenvalue weighted by Gasteiger charge is -2.40. The first-order valence-corrected chi connectivity index (χ1v) is 9.99. The number of hydrogen-bond donors (Lipinski definition) is 0. The van der Waals surface area contributed by atoms with Gasteiger partial charge in [0.1, 0.15) is 6.72 Å². The summed E-state index contributed by atoms with van der Waals surface area (Å²) in [5.74, 6) is 0. The van der Waals surface area contributed by atoms with Gasteiger partial charge in [-0.2, -0.15) is 4.57 Å². The molecule has 0 amide bonds. The Balaban J connectivity index is 2.25. The van der Waals surface area contributed by atoms with Crippen LogP contribution in [0.3, 0.4) is 0 Å². The van der Waals surface area contributed by atoms with Gasteiger partial charge in [0.05, 0.1) is 11.8 Å². The molecule has 2 nitrogen and oxygen atoms in total. The molecule has 2 aromatic rings. The Morgan fingerprint density at radius 2 is 1.82 bits per heavy atom. The van der Waals surface area contributed by atoms with Gasteiger partial charge < -0.3 is 0 Å². The third kappa shape index (κ3) is 3.28. The molecule has 1 aromatic heterocycles. The molecule has 2 heterocycles. The summed E-state index contributed by atoms with van der Waals surface area (Å²) >= 11 is 0. The maximum Gasteiger partial charge on any atom is 0.218 e. The van der Waals surface area contributed by atoms with Crippen molar-refractivity contribution in [1.82, 2.24) is 0 Å². The van der Waals surface area contributed by atoms with Gasteiger partial charge in [-0.1, -0.05) is 24.3 Å². The van der Waals surface area contributed by atoms with Crippen molar-refractivity contribution in [3.63, 3.8) is 0 Å². The topological polar surface area (TPSA) is 6.89 Å². The highest BCUT2D eigenvalue weighted by atomic mass is 15.1. The highest BCUT2D eigenvalue weighted by Crippen LogP contribution is 2.44. The van der Waals surface area contributed by atoms with Crippen molar-refractivity contribution >= 4 is 12.4 Å². The molecule has 0 saturated carbocycles. The first-order valence-electron chi connectivity index (χ1n) is 9.99. The number of fused-ring (bicyclic) bond motifs is 3. The van der Waals surface area contributed by atoms with Crippen LogP contribution in [0.1, 0.15) is 39.2 Å². The molecular weight excluding hydrogens is 340 g/mol. The summed E-state index contributed by atoms with van der Waals surface area (Å²) in [6, 6.07) is 15.1. The molecule has 28 heavy (non-hydrogen) atoms. The Hall–Kier alpha value is -2.74. The summed E-state index contributed by atoms with van der Waals surface area (Å²) in [4.78, 5) is 0. The van der Waals surface area contributed by atoms with Gasteiger partial charge in [0.2, 0.25) is 5.69 Å². The number of allylic oxidation sites excluding steroid dienone is 1. The molecule has 2 heteroatoms. The zero-order valence-corrected chi connectivity index (χ0v) is 17.5. The van der Waals surface area contributed by atoms with E-state index in [2.05, 4.69) is 104 Å². The summed E-state index contributed by atoms with van der Waals surface area (Å²) in [6.07, 6.45) is 11.1. The number of benzene rings is 1. The Labute approximate surface area is 169 Å². The zero-order valence-electron chi connectivity index (χ0n) is 17.5. The highest BCUT2D eigenvalue weighted by molar-refractivity contribution is 5.62. The minimum Gasteiger partial charge on any atom is -0.206 e. The van der Waals surface area contributed by atoms with E-state index in [-0.39, 0.29) is 11.0 Å². The molecule has 2 atom stereocenters. The molecule has 0 bridgehead atoms. The third-order valence-electron chi connectivity index (χ3n) is 6.60. The molecule has 3 rings (SSSR count). The quantitative estimate of drug-likeness (QED) is 0.374. The average molecular weight is 373 g/mol. The highest BCUT2D eigenvalue weighted by Gasteiger charge is 2.52. The van der Waals surface area contributed by atoms with Crippen LogP contribution < -0.4 is 4.57 Å². The Kier molecular flexibility index (Phi) is 5.51. The lowest BCUT2D eigenvalue weighted by molar-refractivity contribution is -0.590. The van der Waals surface area contributed by atoms with Crippen LogP contribution in [0.2, 0.25) is 0 Å². The van der Waals surface area contributed by atoms with Gasteiger partial charge in [-0.05, 0) is 57.0 Å². The molecule has 0 aliphatic carbocycles. The van der Waals surface area contributed by atoms with Crippen LogP contribution in [-0.4, -0.2) is 16.8 Å². The second kappa shape index (κ2) is 7.71. The normalized spacial score (nSPS) is 25.0. The third-order valence-corrected chi connectivity index (χ3v) is 6.60. The lowest BCUT2D eigenvalue weighted by atomic mass is 9.65. The van der Waals surface area contributed by atoms with Gasteiger partial charge in [-0.3, -0.25) is 0 Å². The predicted molar refractivity (Wildman–Crippen MR) is 119 cm³/mol. The van der Waals surface area contributed by atoms with E-state index in [9.17, 15) is 0 Å². The monoisotopic (exact) mass is 372 g/mol. The van der Waals surface area contributed by atoms with Crippen LogP contribution in [0.5, 0.6) is 0 Å². The van der Waals surface area contributed by atoms with E-state index in [1.165, 1.54) is 16.8 Å². The summed E-state index contributed by atoms with van der Waals surface area (Å²) < 4.78 is 4.33. The zero-order chi connectivity index (χ0) is 20.4. The number of nitrogens with zero attached hydrogens (tertiary/aromatic N) is 2. The molecule has 144 valence electrons. The number of rotatable bonds is 3. The second-order valence-corrected chi connectivity index (χ2v) is 8.20. The van der Waals surface area contributed by atoms with Crippen LogP contribution in [0.4, 0.5) is 0 Å². The molecule has 1 aliphatic heterocycles. The van der Waals surface area contributed by atoms with Crippen molar-refractivity contribution in [1.29, 1.82) is 0 Å². The first-order chi connectivity index (χ1) is 13.4. The fraction of sp³-hybridized carbons (Fsp3) is 0.308. The van der Waals surface area contributed by atoms with Crippen molar-refractivity contribution in [2.24, 2.45) is 5.41 Å². The number of aryl methyl sites for hydroxylation is 1. The van der Waals surface area contributed by atoms with E-state index in [0.717, 1.165) is 25.0 Å². The molecule has 0 radical (unpaired) electrons. The van der Waals surface area contributed by atoms with Crippen LogP contribution in [0.15, 0.2) is 80.2 Å². The van der Waals surface area contributed by atoms with E-state index in [0.29, 0.717) is 0 Å². The van der Waals surface area contributed by atoms with Gasteiger partial charge in [-0.15, -0.1) is 6.58 Å². The van der Waals surface area contributed by atoms with Crippen LogP contribution in [-0.2, 0) is 6.42 Å². The number of hydrogen-bond acceptors (Lipinski definition) is 0. The van der Waals surface area contributed by atoms with Crippen LogP contribution >= 0.6 is 0 Å². The van der Waals surface area contributed by atoms with Gasteiger partial charge in [-0.25, -0.2) is 4.58 Å². The molecular formula is C26H32N2+2. The minimum absolute atomic E-state index is 0.142. The van der Waals surface area contributed by atoms with Gasteiger partial charge in [0, 0.05) is 24.6 Å². The van der Waals surface area contributed by atoms with E-state index < -0.39 is 0 Å². The van der Waals surface area contributed by atoms with Gasteiger partial charge in [0.25, 0.3) is 0 Å². The second-order valence-electron chi connectivity index (χ2n) is 8.20. The molecule has 0 saturated heterocycles. The SMILES string of the molecule is C=CC1(C)CCc2ccccc2-c2cccc[n+]2C(=C)CC1(C)[N+](=C)/C=C\C. The van der Waals surface area contributed by atoms with Crippen molar-refractivity contribution in [2.75, 3.05) is 0 Å². The average Bonchev–Trinajstić information content (AvgIpc) is 2.71. The smallest absolute Gasteiger partial charge is 0.206 e. The summed E-state index contributed by atoms with van der Waals surface area (Å²) in [6.45, 7) is 19.7. The minimum atomic E-state index is -0.259. The predicted octanol–water partition coefficient (Wildman–Crippen LogP) is 5.65. The van der Waals surface area contributed by atoms with Crippen molar-refractivity contribution in [2.45, 2.75) is 45.6 Å². The first kappa shape index (κ1) is 20.0. The molecule has 1 aliphatic rings. The van der Waals surface area contributed by atoms with E-state index in [1.54, 1.807) is 0 Å². The fourth-order valence-electron chi connectivity index (χ4n) is 4.37. The van der Waals surface area contributed by atoms with Crippen molar-refractivity contribution in [3.8, 4) is 11.3 Å². The maximum absolute atomic E-state index is 4.49. The lowest BCUT2D eigenvalue weighted by Crippen LogP contribution is -2.52. The fourth-order valence-corrected chi connectivity index (χ4v) is 4.37. The van der Waals surface area contributed by atoms with Crippen molar-refractivity contribution in [3.05, 3.63) is 85.7 Å². The largest absolute Gasteiger partial charge is 0.218 e. The Bertz CT molecular complexity index is 952. The van der Waals surface area contributed by atoms with Gasteiger partial charge >= 0.3 is 0 Å². The van der Waals surface area contributed by atoms with E-state index in [1.807, 2.05) is 13.0 Å². The summed E-state index contributed by atoms with van der Waals surface area (Å²) in [7, 11) is 0. The maximum atomic E-state index is 4.49. The number of aromatic nitrogens is 1. The molecule has 0 N–H and O–H groups in total. The standard InChI is InChI=1S/C26H32N2/c1-7-18-27(6)26(5)20-21(3)28-19-12-11-15-24(28)23-14-10-9-13-22(23)16-17-25(26,4)8-2/h7-15,18-19H,2-3,6,16-17,20H2,1,4-5H3/q+2/b18-7-. The molecule has 2 unspecified atom stereocenters. The van der Waals surface area contributed by atoms with Crippen LogP contribution in [0, 0.1) is 5.41 Å². The number of pyridine rings is 1. The molecule has 0 fully saturated rings. The summed E-state index contributed by atoms with van der Waals surface area (Å²) in [5, 5.41) is 0. The Morgan fingerprint density at radius 3 is 2.54 bits per heavy atom.